The van der Waals surface area contributed by atoms with Gasteiger partial charge in [-0.3, -0.25) is 4.99 Å². The summed E-state index contributed by atoms with van der Waals surface area (Å²) in [5.41, 5.74) is 3.49. The predicted molar refractivity (Wildman–Crippen MR) is 117 cm³/mol. The second-order valence-corrected chi connectivity index (χ2v) is 6.87. The molecule has 2 N–H and O–H groups in total. The van der Waals surface area contributed by atoms with Crippen LogP contribution >= 0.6 is 0 Å². The predicted octanol–water partition coefficient (Wildman–Crippen LogP) is 2.64. The van der Waals surface area contributed by atoms with E-state index in [9.17, 15) is 0 Å². The van der Waals surface area contributed by atoms with Gasteiger partial charge in [0.1, 0.15) is 0 Å². The van der Waals surface area contributed by atoms with Gasteiger partial charge in [0.05, 0.1) is 21.3 Å². The summed E-state index contributed by atoms with van der Waals surface area (Å²) in [5.74, 6) is 2.56. The number of aliphatic imine (C=N–C) groups is 1. The maximum Gasteiger partial charge on any atom is 0.203 e. The zero-order valence-corrected chi connectivity index (χ0v) is 18.2. The molecule has 2 aromatic rings. The van der Waals surface area contributed by atoms with E-state index < -0.39 is 0 Å². The quantitative estimate of drug-likeness (QED) is 0.498. The molecule has 0 fully saturated rings. The second kappa shape index (κ2) is 11.2. The zero-order valence-electron chi connectivity index (χ0n) is 18.2. The fourth-order valence-electron chi connectivity index (χ4n) is 3.03. The SMILES string of the molecule is CN=C(NCc1cccc(CN(C)C)c1)NCc1cc(OC)c(OC)c(OC)c1. The highest BCUT2D eigenvalue weighted by Crippen LogP contribution is 2.38. The topological polar surface area (TPSA) is 67.4 Å². The van der Waals surface area contributed by atoms with Crippen LogP contribution in [0.3, 0.4) is 0 Å². The molecule has 29 heavy (non-hydrogen) atoms. The first-order chi connectivity index (χ1) is 14.0. The molecule has 7 heteroatoms. The standard InChI is InChI=1S/C22H32N4O3/c1-23-22(24-13-16-8-7-9-17(10-16)15-26(2)3)25-14-18-11-19(27-4)21(29-6)20(12-18)28-5/h7-12H,13-15H2,1-6H3,(H2,23,24,25). The van der Waals surface area contributed by atoms with Crippen LogP contribution in [0.15, 0.2) is 41.4 Å². The Morgan fingerprint density at radius 1 is 0.862 bits per heavy atom. The summed E-state index contributed by atoms with van der Waals surface area (Å²) in [7, 11) is 10.7. The van der Waals surface area contributed by atoms with Crippen molar-refractivity contribution in [1.29, 1.82) is 0 Å². The van der Waals surface area contributed by atoms with E-state index in [1.54, 1.807) is 28.4 Å². The summed E-state index contributed by atoms with van der Waals surface area (Å²) in [4.78, 5) is 6.46. The summed E-state index contributed by atoms with van der Waals surface area (Å²) in [5, 5.41) is 6.68. The van der Waals surface area contributed by atoms with E-state index >= 15 is 0 Å². The minimum Gasteiger partial charge on any atom is -0.493 e. The first-order valence-electron chi connectivity index (χ1n) is 9.46. The summed E-state index contributed by atoms with van der Waals surface area (Å²) < 4.78 is 16.2. The van der Waals surface area contributed by atoms with Crippen LogP contribution in [0.2, 0.25) is 0 Å². The molecule has 0 saturated heterocycles. The summed E-state index contributed by atoms with van der Waals surface area (Å²) in [6.45, 7) is 2.18. The van der Waals surface area contributed by atoms with E-state index in [1.165, 1.54) is 11.1 Å². The average Bonchev–Trinajstić information content (AvgIpc) is 2.72. The Kier molecular flexibility index (Phi) is 8.61. The van der Waals surface area contributed by atoms with E-state index in [-0.39, 0.29) is 0 Å². The molecule has 0 aromatic heterocycles. The number of hydrogen-bond donors (Lipinski definition) is 2. The van der Waals surface area contributed by atoms with Crippen molar-refractivity contribution in [2.45, 2.75) is 19.6 Å². The van der Waals surface area contributed by atoms with Crippen molar-refractivity contribution in [3.8, 4) is 17.2 Å². The second-order valence-electron chi connectivity index (χ2n) is 6.87. The molecule has 0 aliphatic heterocycles. The van der Waals surface area contributed by atoms with Crippen LogP contribution in [0.25, 0.3) is 0 Å². The van der Waals surface area contributed by atoms with Crippen molar-refractivity contribution in [3.05, 3.63) is 53.1 Å². The van der Waals surface area contributed by atoms with Crippen LogP contribution in [0, 0.1) is 0 Å². The number of ether oxygens (including phenoxy) is 3. The van der Waals surface area contributed by atoms with Crippen molar-refractivity contribution in [1.82, 2.24) is 15.5 Å². The maximum atomic E-state index is 5.41. The lowest BCUT2D eigenvalue weighted by Gasteiger charge is -2.16. The Labute approximate surface area is 173 Å². The smallest absolute Gasteiger partial charge is 0.203 e. The minimum atomic E-state index is 0.567. The van der Waals surface area contributed by atoms with E-state index in [1.807, 2.05) is 12.1 Å². The molecule has 0 saturated carbocycles. The van der Waals surface area contributed by atoms with Gasteiger partial charge in [0, 0.05) is 26.7 Å². The van der Waals surface area contributed by atoms with Gasteiger partial charge >= 0.3 is 0 Å². The largest absolute Gasteiger partial charge is 0.493 e. The van der Waals surface area contributed by atoms with Crippen LogP contribution in [-0.2, 0) is 19.6 Å². The Bertz CT molecular complexity index is 796. The maximum absolute atomic E-state index is 5.41. The Morgan fingerprint density at radius 3 is 1.97 bits per heavy atom. The first-order valence-corrected chi connectivity index (χ1v) is 9.46. The highest BCUT2D eigenvalue weighted by atomic mass is 16.5. The van der Waals surface area contributed by atoms with Gasteiger partial charge in [0.2, 0.25) is 5.75 Å². The van der Waals surface area contributed by atoms with Crippen molar-refractivity contribution in [3.63, 3.8) is 0 Å². The molecule has 7 nitrogen and oxygen atoms in total. The third-order valence-electron chi connectivity index (χ3n) is 4.36. The number of benzene rings is 2. The molecule has 0 aliphatic rings. The molecule has 158 valence electrons. The number of methoxy groups -OCH3 is 3. The molecular weight excluding hydrogens is 368 g/mol. The molecule has 0 spiro atoms. The summed E-state index contributed by atoms with van der Waals surface area (Å²) >= 11 is 0. The molecule has 0 aliphatic carbocycles. The molecule has 0 amide bonds. The van der Waals surface area contributed by atoms with Crippen LogP contribution in [0.1, 0.15) is 16.7 Å². The normalized spacial score (nSPS) is 11.3. The van der Waals surface area contributed by atoms with Crippen LogP contribution in [-0.4, -0.2) is 53.3 Å². The van der Waals surface area contributed by atoms with Gasteiger partial charge in [-0.1, -0.05) is 24.3 Å². The summed E-state index contributed by atoms with van der Waals surface area (Å²) in [6, 6.07) is 12.4. The van der Waals surface area contributed by atoms with Crippen molar-refractivity contribution >= 4 is 5.96 Å². The lowest BCUT2D eigenvalue weighted by Crippen LogP contribution is -2.36. The van der Waals surface area contributed by atoms with Crippen LogP contribution in [0.4, 0.5) is 0 Å². The highest BCUT2D eigenvalue weighted by Gasteiger charge is 2.13. The minimum absolute atomic E-state index is 0.567. The van der Waals surface area contributed by atoms with E-state index in [0.29, 0.717) is 30.3 Å². The van der Waals surface area contributed by atoms with Gasteiger partial charge in [-0.2, -0.15) is 0 Å². The fraction of sp³-hybridized carbons (Fsp3) is 0.409. The first kappa shape index (κ1) is 22.4. The number of hydrogen-bond acceptors (Lipinski definition) is 5. The monoisotopic (exact) mass is 400 g/mol. The van der Waals surface area contributed by atoms with Crippen LogP contribution in [0.5, 0.6) is 17.2 Å². The van der Waals surface area contributed by atoms with Gasteiger partial charge < -0.3 is 29.7 Å². The van der Waals surface area contributed by atoms with Gasteiger partial charge in [0.25, 0.3) is 0 Å². The third-order valence-corrected chi connectivity index (χ3v) is 4.36. The molecular formula is C22H32N4O3. The van der Waals surface area contributed by atoms with Crippen molar-refractivity contribution < 1.29 is 14.2 Å². The van der Waals surface area contributed by atoms with Crippen LogP contribution < -0.4 is 24.8 Å². The molecule has 0 heterocycles. The number of guanidine groups is 1. The van der Waals surface area contributed by atoms with Gasteiger partial charge in [-0.15, -0.1) is 0 Å². The lowest BCUT2D eigenvalue weighted by atomic mass is 10.1. The Balaban J connectivity index is 1.99. The molecule has 2 aromatic carbocycles. The van der Waals surface area contributed by atoms with Crippen molar-refractivity contribution in [2.24, 2.45) is 4.99 Å². The van der Waals surface area contributed by atoms with Gasteiger partial charge in [-0.25, -0.2) is 0 Å². The van der Waals surface area contributed by atoms with E-state index in [4.69, 9.17) is 14.2 Å². The Hall–Kier alpha value is -2.93. The molecule has 2 rings (SSSR count). The number of rotatable bonds is 9. The zero-order chi connectivity index (χ0) is 21.2. The number of nitrogens with zero attached hydrogens (tertiary/aromatic N) is 2. The van der Waals surface area contributed by atoms with E-state index in [2.05, 4.69) is 58.9 Å². The van der Waals surface area contributed by atoms with E-state index in [0.717, 1.165) is 18.1 Å². The lowest BCUT2D eigenvalue weighted by molar-refractivity contribution is 0.323. The average molecular weight is 401 g/mol. The molecule has 0 bridgehead atoms. The summed E-state index contributed by atoms with van der Waals surface area (Å²) in [6.07, 6.45) is 0. The molecule has 0 unspecified atom stereocenters. The molecule has 0 radical (unpaired) electrons. The van der Waals surface area contributed by atoms with Gasteiger partial charge in [-0.05, 0) is 42.9 Å². The van der Waals surface area contributed by atoms with Gasteiger partial charge in [0.15, 0.2) is 17.5 Å². The fourth-order valence-corrected chi connectivity index (χ4v) is 3.03. The number of nitrogens with one attached hydrogen (secondary N) is 2. The Morgan fingerprint density at radius 2 is 1.45 bits per heavy atom. The highest BCUT2D eigenvalue weighted by molar-refractivity contribution is 5.79. The molecule has 0 atom stereocenters. The van der Waals surface area contributed by atoms with Crippen molar-refractivity contribution in [2.75, 3.05) is 42.5 Å². The third kappa shape index (κ3) is 6.57.